The van der Waals surface area contributed by atoms with Crippen molar-refractivity contribution in [1.82, 2.24) is 9.97 Å². The SMILES string of the molecule is CCCC(CCO)CNc1ncnc2sc(C)c(C)c12. The molecule has 4 nitrogen and oxygen atoms in total. The molecule has 2 aromatic rings. The molecular formula is C15H23N3OS. The molecule has 2 heterocycles. The topological polar surface area (TPSA) is 58.0 Å². The van der Waals surface area contributed by atoms with Gasteiger partial charge in [-0.15, -0.1) is 11.3 Å². The standard InChI is InChI=1S/C15H23N3OS/c1-4-5-12(6-7-19)8-16-14-13-10(2)11(3)20-15(13)18-9-17-14/h9,12,19H,4-8H2,1-3H3,(H,16,17,18). The van der Waals surface area contributed by atoms with Crippen LogP contribution < -0.4 is 5.32 Å². The van der Waals surface area contributed by atoms with Crippen LogP contribution in [-0.2, 0) is 0 Å². The Morgan fingerprint density at radius 1 is 1.30 bits per heavy atom. The van der Waals surface area contributed by atoms with E-state index in [1.165, 1.54) is 10.4 Å². The third kappa shape index (κ3) is 3.27. The first-order chi connectivity index (χ1) is 9.67. The van der Waals surface area contributed by atoms with Gasteiger partial charge in [0.15, 0.2) is 0 Å². The lowest BCUT2D eigenvalue weighted by Crippen LogP contribution is -2.16. The van der Waals surface area contributed by atoms with Crippen molar-refractivity contribution in [2.75, 3.05) is 18.5 Å². The fourth-order valence-corrected chi connectivity index (χ4v) is 3.49. The normalized spacial score (nSPS) is 12.8. The Morgan fingerprint density at radius 3 is 2.80 bits per heavy atom. The molecule has 0 bridgehead atoms. The van der Waals surface area contributed by atoms with Gasteiger partial charge in [0.1, 0.15) is 17.0 Å². The van der Waals surface area contributed by atoms with E-state index in [0.29, 0.717) is 5.92 Å². The van der Waals surface area contributed by atoms with Crippen LogP contribution in [0.4, 0.5) is 5.82 Å². The number of aromatic nitrogens is 2. The van der Waals surface area contributed by atoms with E-state index in [1.807, 2.05) is 0 Å². The molecule has 110 valence electrons. The predicted molar refractivity (Wildman–Crippen MR) is 85.5 cm³/mol. The maximum atomic E-state index is 9.13. The van der Waals surface area contributed by atoms with Gasteiger partial charge in [-0.1, -0.05) is 13.3 Å². The molecular weight excluding hydrogens is 270 g/mol. The van der Waals surface area contributed by atoms with E-state index in [-0.39, 0.29) is 6.61 Å². The van der Waals surface area contributed by atoms with E-state index < -0.39 is 0 Å². The molecule has 0 fully saturated rings. The number of aliphatic hydroxyl groups excluding tert-OH is 1. The van der Waals surface area contributed by atoms with Gasteiger partial charge in [0, 0.05) is 18.0 Å². The molecule has 2 aromatic heterocycles. The number of nitrogens with one attached hydrogen (secondary N) is 1. The van der Waals surface area contributed by atoms with Crippen molar-refractivity contribution in [3.05, 3.63) is 16.8 Å². The van der Waals surface area contributed by atoms with Crippen LogP contribution in [0.3, 0.4) is 0 Å². The second kappa shape index (κ2) is 6.99. The fourth-order valence-electron chi connectivity index (χ4n) is 2.50. The summed E-state index contributed by atoms with van der Waals surface area (Å²) in [5.41, 5.74) is 1.27. The highest BCUT2D eigenvalue weighted by Gasteiger charge is 2.13. The lowest BCUT2D eigenvalue weighted by molar-refractivity contribution is 0.255. The van der Waals surface area contributed by atoms with Crippen LogP contribution in [0.2, 0.25) is 0 Å². The highest BCUT2D eigenvalue weighted by molar-refractivity contribution is 7.18. The lowest BCUT2D eigenvalue weighted by Gasteiger charge is -2.16. The molecule has 0 aliphatic carbocycles. The van der Waals surface area contributed by atoms with E-state index in [9.17, 15) is 0 Å². The average molecular weight is 293 g/mol. The number of aryl methyl sites for hydroxylation is 2. The maximum absolute atomic E-state index is 9.13. The Labute approximate surface area is 124 Å². The molecule has 2 N–H and O–H groups in total. The van der Waals surface area contributed by atoms with Gasteiger partial charge in [-0.2, -0.15) is 0 Å². The molecule has 0 aliphatic rings. The average Bonchev–Trinajstić information content (AvgIpc) is 2.73. The molecule has 1 atom stereocenters. The highest BCUT2D eigenvalue weighted by Crippen LogP contribution is 2.32. The molecule has 0 spiro atoms. The summed E-state index contributed by atoms with van der Waals surface area (Å²) in [6, 6.07) is 0. The van der Waals surface area contributed by atoms with Gasteiger partial charge in [-0.25, -0.2) is 9.97 Å². The van der Waals surface area contributed by atoms with E-state index in [1.54, 1.807) is 17.7 Å². The summed E-state index contributed by atoms with van der Waals surface area (Å²) >= 11 is 1.72. The maximum Gasteiger partial charge on any atom is 0.138 e. The van der Waals surface area contributed by atoms with Crippen LogP contribution in [0.5, 0.6) is 0 Å². The summed E-state index contributed by atoms with van der Waals surface area (Å²) in [5, 5.41) is 13.7. The number of anilines is 1. The minimum Gasteiger partial charge on any atom is -0.396 e. The minimum absolute atomic E-state index is 0.252. The second-order valence-corrected chi connectivity index (χ2v) is 6.44. The van der Waals surface area contributed by atoms with Gasteiger partial charge in [0.05, 0.1) is 5.39 Å². The number of fused-ring (bicyclic) bond motifs is 1. The molecule has 0 aliphatic heterocycles. The molecule has 1 unspecified atom stereocenters. The molecule has 5 heteroatoms. The summed E-state index contributed by atoms with van der Waals surface area (Å²) < 4.78 is 0. The van der Waals surface area contributed by atoms with Crippen LogP contribution in [-0.4, -0.2) is 28.2 Å². The van der Waals surface area contributed by atoms with Crippen molar-refractivity contribution in [1.29, 1.82) is 0 Å². The number of hydrogen-bond acceptors (Lipinski definition) is 5. The summed E-state index contributed by atoms with van der Waals surface area (Å²) in [7, 11) is 0. The van der Waals surface area contributed by atoms with E-state index in [2.05, 4.69) is 36.1 Å². The summed E-state index contributed by atoms with van der Waals surface area (Å²) in [5.74, 6) is 1.42. The van der Waals surface area contributed by atoms with Gasteiger partial charge < -0.3 is 10.4 Å². The van der Waals surface area contributed by atoms with Crippen molar-refractivity contribution < 1.29 is 5.11 Å². The quantitative estimate of drug-likeness (QED) is 0.820. The Kier molecular flexibility index (Phi) is 5.31. The number of nitrogens with zero attached hydrogens (tertiary/aromatic N) is 2. The number of rotatable bonds is 7. The van der Waals surface area contributed by atoms with E-state index in [4.69, 9.17) is 5.11 Å². The molecule has 0 aromatic carbocycles. The van der Waals surface area contributed by atoms with Gasteiger partial charge in [0.25, 0.3) is 0 Å². The Hall–Kier alpha value is -1.20. The third-order valence-electron chi connectivity index (χ3n) is 3.76. The van der Waals surface area contributed by atoms with Crippen molar-refractivity contribution in [3.63, 3.8) is 0 Å². The van der Waals surface area contributed by atoms with Crippen LogP contribution in [0.1, 0.15) is 36.6 Å². The van der Waals surface area contributed by atoms with E-state index >= 15 is 0 Å². The van der Waals surface area contributed by atoms with Crippen LogP contribution >= 0.6 is 11.3 Å². The third-order valence-corrected chi connectivity index (χ3v) is 4.87. The van der Waals surface area contributed by atoms with Crippen molar-refractivity contribution in [2.45, 2.75) is 40.0 Å². The van der Waals surface area contributed by atoms with Crippen LogP contribution in [0.25, 0.3) is 10.2 Å². The smallest absolute Gasteiger partial charge is 0.138 e. The number of hydrogen-bond donors (Lipinski definition) is 2. The van der Waals surface area contributed by atoms with Gasteiger partial charge >= 0.3 is 0 Å². The fraction of sp³-hybridized carbons (Fsp3) is 0.600. The number of thiophene rings is 1. The first kappa shape index (κ1) is 15.2. The summed E-state index contributed by atoms with van der Waals surface area (Å²) in [6.45, 7) is 7.54. The monoisotopic (exact) mass is 293 g/mol. The Morgan fingerprint density at radius 2 is 2.10 bits per heavy atom. The van der Waals surface area contributed by atoms with Crippen LogP contribution in [0, 0.1) is 19.8 Å². The molecule has 0 radical (unpaired) electrons. The van der Waals surface area contributed by atoms with Gasteiger partial charge in [-0.3, -0.25) is 0 Å². The minimum atomic E-state index is 0.252. The Balaban J connectivity index is 2.16. The molecule has 0 amide bonds. The molecule has 0 saturated heterocycles. The second-order valence-electron chi connectivity index (χ2n) is 5.23. The Bertz CT molecular complexity index is 561. The van der Waals surface area contributed by atoms with Gasteiger partial charge in [-0.05, 0) is 38.2 Å². The zero-order valence-corrected chi connectivity index (χ0v) is 13.3. The first-order valence-corrected chi connectivity index (χ1v) is 8.04. The van der Waals surface area contributed by atoms with Crippen molar-refractivity contribution in [2.24, 2.45) is 5.92 Å². The lowest BCUT2D eigenvalue weighted by atomic mass is 10.0. The van der Waals surface area contributed by atoms with Crippen molar-refractivity contribution >= 4 is 27.4 Å². The zero-order chi connectivity index (χ0) is 14.5. The van der Waals surface area contributed by atoms with E-state index in [0.717, 1.165) is 41.8 Å². The molecule has 20 heavy (non-hydrogen) atoms. The molecule has 2 rings (SSSR count). The largest absolute Gasteiger partial charge is 0.396 e. The summed E-state index contributed by atoms with van der Waals surface area (Å²) in [6.07, 6.45) is 4.74. The predicted octanol–water partition coefficient (Wildman–Crippen LogP) is 3.52. The first-order valence-electron chi connectivity index (χ1n) is 7.22. The van der Waals surface area contributed by atoms with Crippen molar-refractivity contribution in [3.8, 4) is 0 Å². The highest BCUT2D eigenvalue weighted by atomic mass is 32.1. The van der Waals surface area contributed by atoms with Crippen LogP contribution in [0.15, 0.2) is 6.33 Å². The van der Waals surface area contributed by atoms with Gasteiger partial charge in [0.2, 0.25) is 0 Å². The number of aliphatic hydroxyl groups is 1. The zero-order valence-electron chi connectivity index (χ0n) is 12.4. The summed E-state index contributed by atoms with van der Waals surface area (Å²) in [4.78, 5) is 11.1. The molecule has 0 saturated carbocycles.